The van der Waals surface area contributed by atoms with Crippen LogP contribution < -0.4 is 5.32 Å². The molecule has 0 spiro atoms. The number of carboxylic acid groups (broad SMARTS) is 1. The minimum atomic E-state index is -0.960. The highest BCUT2D eigenvalue weighted by Gasteiger charge is 2.25. The monoisotopic (exact) mass is 249 g/mol. The number of nitrogens with one attached hydrogen (secondary N) is 1. The molecule has 1 aromatic carbocycles. The summed E-state index contributed by atoms with van der Waals surface area (Å²) in [4.78, 5) is 22.8. The molecule has 1 rings (SSSR count). The fourth-order valence-corrected chi connectivity index (χ4v) is 1.56. The number of carboxylic acids is 1. The maximum absolute atomic E-state index is 11.9. The molecule has 0 aliphatic carbocycles. The lowest BCUT2D eigenvalue weighted by molar-refractivity contribution is -0.145. The topological polar surface area (TPSA) is 66.4 Å². The number of hydrogen-bond donors (Lipinski definition) is 2. The quantitative estimate of drug-likeness (QED) is 0.862. The Morgan fingerprint density at radius 3 is 2.33 bits per heavy atom. The van der Waals surface area contributed by atoms with E-state index >= 15 is 0 Å². The van der Waals surface area contributed by atoms with Crippen LogP contribution in [0.3, 0.4) is 0 Å². The van der Waals surface area contributed by atoms with Crippen LogP contribution >= 0.6 is 0 Å². The second-order valence-electron chi connectivity index (χ2n) is 4.72. The second kappa shape index (κ2) is 5.67. The van der Waals surface area contributed by atoms with Crippen molar-refractivity contribution >= 4 is 17.6 Å². The normalized spacial score (nSPS) is 13.8. The Kier molecular flexibility index (Phi) is 4.48. The van der Waals surface area contributed by atoms with E-state index in [1.807, 2.05) is 32.0 Å². The van der Waals surface area contributed by atoms with Crippen molar-refractivity contribution in [3.8, 4) is 0 Å². The van der Waals surface area contributed by atoms with Crippen molar-refractivity contribution in [2.75, 3.05) is 5.32 Å². The summed E-state index contributed by atoms with van der Waals surface area (Å²) in [7, 11) is 0. The zero-order chi connectivity index (χ0) is 13.9. The zero-order valence-electron chi connectivity index (χ0n) is 11.2. The number of aliphatic carboxylic acids is 1. The highest BCUT2D eigenvalue weighted by atomic mass is 16.4. The highest BCUT2D eigenvalue weighted by Crippen LogP contribution is 2.19. The van der Waals surface area contributed by atoms with Gasteiger partial charge in [-0.05, 0) is 31.0 Å². The summed E-state index contributed by atoms with van der Waals surface area (Å²) in [5, 5.41) is 11.7. The van der Waals surface area contributed by atoms with Gasteiger partial charge < -0.3 is 10.4 Å². The maximum atomic E-state index is 11.9. The van der Waals surface area contributed by atoms with Crippen LogP contribution in [0.1, 0.15) is 25.0 Å². The van der Waals surface area contributed by atoms with E-state index in [4.69, 9.17) is 5.11 Å². The first kappa shape index (κ1) is 14.2. The molecule has 0 aliphatic rings. The van der Waals surface area contributed by atoms with Crippen molar-refractivity contribution in [3.05, 3.63) is 29.3 Å². The number of anilines is 1. The van der Waals surface area contributed by atoms with E-state index in [1.54, 1.807) is 6.92 Å². The third kappa shape index (κ3) is 3.32. The Hall–Kier alpha value is -1.84. The van der Waals surface area contributed by atoms with Crippen LogP contribution in [0, 0.1) is 25.7 Å². The molecule has 0 heterocycles. The number of hydrogen-bond acceptors (Lipinski definition) is 2. The van der Waals surface area contributed by atoms with Gasteiger partial charge in [0.2, 0.25) is 5.91 Å². The summed E-state index contributed by atoms with van der Waals surface area (Å²) in [6.45, 7) is 7.01. The Labute approximate surface area is 107 Å². The van der Waals surface area contributed by atoms with E-state index in [2.05, 4.69) is 5.32 Å². The molecule has 0 bridgehead atoms. The summed E-state index contributed by atoms with van der Waals surface area (Å²) in [6, 6.07) is 5.77. The van der Waals surface area contributed by atoms with Crippen molar-refractivity contribution in [1.29, 1.82) is 0 Å². The molecule has 2 atom stereocenters. The van der Waals surface area contributed by atoms with Crippen LogP contribution in [0.15, 0.2) is 18.2 Å². The fourth-order valence-electron chi connectivity index (χ4n) is 1.56. The molecule has 4 nitrogen and oxygen atoms in total. The van der Waals surface area contributed by atoms with Crippen LogP contribution in [0.5, 0.6) is 0 Å². The van der Waals surface area contributed by atoms with Crippen LogP contribution in [0.2, 0.25) is 0 Å². The van der Waals surface area contributed by atoms with Gasteiger partial charge in [-0.15, -0.1) is 0 Å². The number of benzene rings is 1. The van der Waals surface area contributed by atoms with Gasteiger partial charge in [-0.25, -0.2) is 0 Å². The molecule has 0 fully saturated rings. The molecule has 0 saturated heterocycles. The predicted octanol–water partition coefficient (Wildman–Crippen LogP) is 2.60. The summed E-state index contributed by atoms with van der Waals surface area (Å²) >= 11 is 0. The molecule has 0 saturated carbocycles. The first-order valence-electron chi connectivity index (χ1n) is 5.94. The predicted molar refractivity (Wildman–Crippen MR) is 70.5 cm³/mol. The Morgan fingerprint density at radius 2 is 1.78 bits per heavy atom. The molecule has 18 heavy (non-hydrogen) atoms. The third-order valence-corrected chi connectivity index (χ3v) is 3.20. The van der Waals surface area contributed by atoms with E-state index in [1.165, 1.54) is 6.92 Å². The first-order chi connectivity index (χ1) is 8.32. The van der Waals surface area contributed by atoms with Crippen molar-refractivity contribution < 1.29 is 14.7 Å². The highest BCUT2D eigenvalue weighted by molar-refractivity contribution is 5.95. The lowest BCUT2D eigenvalue weighted by Gasteiger charge is -2.17. The van der Waals surface area contributed by atoms with Crippen molar-refractivity contribution in [1.82, 2.24) is 0 Å². The SMILES string of the molecule is Cc1ccc(C)c(NC(=O)C(C)C(C)C(=O)O)c1. The summed E-state index contributed by atoms with van der Waals surface area (Å²) in [6.07, 6.45) is 0. The summed E-state index contributed by atoms with van der Waals surface area (Å²) in [5.74, 6) is -2.49. The largest absolute Gasteiger partial charge is 0.481 e. The standard InChI is InChI=1S/C14H19NO3/c1-8-5-6-9(2)12(7-8)15-13(16)10(3)11(4)14(17)18/h5-7,10-11H,1-4H3,(H,15,16)(H,17,18). The van der Waals surface area contributed by atoms with Gasteiger partial charge in [-0.2, -0.15) is 0 Å². The third-order valence-electron chi connectivity index (χ3n) is 3.20. The van der Waals surface area contributed by atoms with Crippen LogP contribution in [0.4, 0.5) is 5.69 Å². The Bertz CT molecular complexity index is 468. The molecule has 0 radical (unpaired) electrons. The van der Waals surface area contributed by atoms with Gasteiger partial charge in [0.1, 0.15) is 0 Å². The van der Waals surface area contributed by atoms with Gasteiger partial charge in [0.15, 0.2) is 0 Å². The molecule has 0 aromatic heterocycles. The van der Waals surface area contributed by atoms with Crippen molar-refractivity contribution in [3.63, 3.8) is 0 Å². The molecule has 2 unspecified atom stereocenters. The van der Waals surface area contributed by atoms with Gasteiger partial charge in [-0.3, -0.25) is 9.59 Å². The molecule has 0 aliphatic heterocycles. The van der Waals surface area contributed by atoms with Gasteiger partial charge in [-0.1, -0.05) is 26.0 Å². The van der Waals surface area contributed by atoms with E-state index in [0.717, 1.165) is 16.8 Å². The fraction of sp³-hybridized carbons (Fsp3) is 0.429. The lowest BCUT2D eigenvalue weighted by Crippen LogP contribution is -2.30. The molecule has 98 valence electrons. The van der Waals surface area contributed by atoms with E-state index in [9.17, 15) is 9.59 Å². The Balaban J connectivity index is 2.81. The molecule has 4 heteroatoms. The number of amides is 1. The number of rotatable bonds is 4. The van der Waals surface area contributed by atoms with Crippen LogP contribution in [-0.2, 0) is 9.59 Å². The minimum Gasteiger partial charge on any atom is -0.481 e. The summed E-state index contributed by atoms with van der Waals surface area (Å²) in [5.41, 5.74) is 2.75. The van der Waals surface area contributed by atoms with Crippen molar-refractivity contribution in [2.45, 2.75) is 27.7 Å². The van der Waals surface area contributed by atoms with Gasteiger partial charge >= 0.3 is 5.97 Å². The summed E-state index contributed by atoms with van der Waals surface area (Å²) < 4.78 is 0. The Morgan fingerprint density at radius 1 is 1.17 bits per heavy atom. The zero-order valence-corrected chi connectivity index (χ0v) is 11.2. The lowest BCUT2D eigenvalue weighted by atomic mass is 9.95. The van der Waals surface area contributed by atoms with E-state index in [-0.39, 0.29) is 5.91 Å². The maximum Gasteiger partial charge on any atom is 0.307 e. The van der Waals surface area contributed by atoms with E-state index in [0.29, 0.717) is 0 Å². The van der Waals surface area contributed by atoms with Crippen molar-refractivity contribution in [2.24, 2.45) is 11.8 Å². The van der Waals surface area contributed by atoms with Gasteiger partial charge in [0, 0.05) is 11.6 Å². The molecule has 1 amide bonds. The molecule has 2 N–H and O–H groups in total. The van der Waals surface area contributed by atoms with Crippen LogP contribution in [-0.4, -0.2) is 17.0 Å². The van der Waals surface area contributed by atoms with Crippen LogP contribution in [0.25, 0.3) is 0 Å². The average Bonchev–Trinajstić information content (AvgIpc) is 2.31. The smallest absolute Gasteiger partial charge is 0.307 e. The average molecular weight is 249 g/mol. The second-order valence-corrected chi connectivity index (χ2v) is 4.72. The number of aryl methyl sites for hydroxylation is 2. The van der Waals surface area contributed by atoms with Gasteiger partial charge in [0.05, 0.1) is 5.92 Å². The molecular formula is C14H19NO3. The minimum absolute atomic E-state index is 0.265. The number of carbonyl (C=O) groups is 2. The van der Waals surface area contributed by atoms with E-state index < -0.39 is 17.8 Å². The number of carbonyl (C=O) groups excluding carboxylic acids is 1. The molecule has 1 aromatic rings. The molecular weight excluding hydrogens is 230 g/mol. The first-order valence-corrected chi connectivity index (χ1v) is 5.94. The van der Waals surface area contributed by atoms with Gasteiger partial charge in [0.25, 0.3) is 0 Å².